The van der Waals surface area contributed by atoms with Crippen LogP contribution in [0.3, 0.4) is 0 Å². The van der Waals surface area contributed by atoms with Crippen LogP contribution in [0.4, 0.5) is 0 Å². The molecule has 1 aromatic heterocycles. The van der Waals surface area contributed by atoms with E-state index in [0.717, 1.165) is 23.3 Å². The van der Waals surface area contributed by atoms with E-state index in [1.165, 1.54) is 11.1 Å². The number of furan rings is 1. The molecule has 102 valence electrons. The molecule has 0 radical (unpaired) electrons. The summed E-state index contributed by atoms with van der Waals surface area (Å²) >= 11 is 0. The van der Waals surface area contributed by atoms with E-state index in [2.05, 4.69) is 55.6 Å². The summed E-state index contributed by atoms with van der Waals surface area (Å²) < 4.78 is 5.89. The molecule has 2 aromatic carbocycles. The van der Waals surface area contributed by atoms with Crippen molar-refractivity contribution in [3.8, 4) is 0 Å². The molecule has 1 N–H and O–H groups in total. The first-order chi connectivity index (χ1) is 9.74. The van der Waals surface area contributed by atoms with Gasteiger partial charge in [0.2, 0.25) is 0 Å². The molecule has 0 amide bonds. The van der Waals surface area contributed by atoms with Crippen LogP contribution >= 0.6 is 0 Å². The van der Waals surface area contributed by atoms with Crippen molar-refractivity contribution in [2.24, 2.45) is 0 Å². The third kappa shape index (κ3) is 2.61. The van der Waals surface area contributed by atoms with E-state index in [0.29, 0.717) is 0 Å². The van der Waals surface area contributed by atoms with Crippen molar-refractivity contribution in [1.82, 2.24) is 5.32 Å². The normalized spacial score (nSPS) is 12.7. The van der Waals surface area contributed by atoms with Crippen LogP contribution in [-0.2, 0) is 6.54 Å². The molecule has 0 aliphatic heterocycles. The molecule has 2 heteroatoms. The molecule has 0 aliphatic rings. The monoisotopic (exact) mass is 265 g/mol. The molecule has 20 heavy (non-hydrogen) atoms. The van der Waals surface area contributed by atoms with Gasteiger partial charge in [-0.05, 0) is 37.1 Å². The van der Waals surface area contributed by atoms with Gasteiger partial charge in [-0.15, -0.1) is 0 Å². The second kappa shape index (κ2) is 5.51. The van der Waals surface area contributed by atoms with Gasteiger partial charge in [-0.25, -0.2) is 0 Å². The number of nitrogens with one attached hydrogen (secondary N) is 1. The van der Waals surface area contributed by atoms with Gasteiger partial charge in [0.05, 0.1) is 6.04 Å². The third-order valence-corrected chi connectivity index (χ3v) is 3.73. The molecule has 0 spiro atoms. The summed E-state index contributed by atoms with van der Waals surface area (Å²) in [5.41, 5.74) is 3.60. The Morgan fingerprint density at radius 2 is 1.80 bits per heavy atom. The topological polar surface area (TPSA) is 25.2 Å². The van der Waals surface area contributed by atoms with E-state index in [-0.39, 0.29) is 6.04 Å². The number of para-hydroxylation sites is 1. The zero-order valence-electron chi connectivity index (χ0n) is 11.9. The highest BCUT2D eigenvalue weighted by Gasteiger charge is 2.11. The maximum absolute atomic E-state index is 5.89. The van der Waals surface area contributed by atoms with Crippen LogP contribution in [0, 0.1) is 6.92 Å². The largest absolute Gasteiger partial charge is 0.459 e. The average molecular weight is 265 g/mol. The zero-order valence-corrected chi connectivity index (χ0v) is 11.9. The molecule has 0 aliphatic carbocycles. The van der Waals surface area contributed by atoms with Gasteiger partial charge in [-0.1, -0.05) is 42.5 Å². The molecular formula is C18H19NO. The van der Waals surface area contributed by atoms with Crippen molar-refractivity contribution in [1.29, 1.82) is 0 Å². The number of hydrogen-bond acceptors (Lipinski definition) is 2. The minimum absolute atomic E-state index is 0.196. The lowest BCUT2D eigenvalue weighted by molar-refractivity contribution is 0.450. The minimum Gasteiger partial charge on any atom is -0.459 e. The Hall–Kier alpha value is -2.06. The van der Waals surface area contributed by atoms with Gasteiger partial charge < -0.3 is 9.73 Å². The predicted molar refractivity (Wildman–Crippen MR) is 82.6 cm³/mol. The molecular weight excluding hydrogens is 246 g/mol. The van der Waals surface area contributed by atoms with Crippen molar-refractivity contribution >= 4 is 11.0 Å². The molecule has 3 rings (SSSR count). The number of aryl methyl sites for hydroxylation is 1. The van der Waals surface area contributed by atoms with Gasteiger partial charge in [-0.2, -0.15) is 0 Å². The summed E-state index contributed by atoms with van der Waals surface area (Å²) in [5.74, 6) is 0.986. The lowest BCUT2D eigenvalue weighted by Crippen LogP contribution is -2.18. The smallest absolute Gasteiger partial charge is 0.134 e. The molecule has 0 saturated heterocycles. The maximum atomic E-state index is 5.89. The Morgan fingerprint density at radius 1 is 1.05 bits per heavy atom. The fourth-order valence-electron chi connectivity index (χ4n) is 2.39. The summed E-state index contributed by atoms with van der Waals surface area (Å²) in [4.78, 5) is 0. The van der Waals surface area contributed by atoms with Crippen LogP contribution in [-0.4, -0.2) is 0 Å². The number of fused-ring (bicyclic) bond motifs is 1. The highest BCUT2D eigenvalue weighted by atomic mass is 16.3. The standard InChI is InChI=1S/C18H19NO/c1-13-7-3-4-9-16(13)12-19-14(2)18-11-15-8-5-6-10-17(15)20-18/h3-11,14,19H,12H2,1-2H3. The number of rotatable bonds is 4. The first kappa shape index (κ1) is 12.9. The summed E-state index contributed by atoms with van der Waals surface area (Å²) in [6.07, 6.45) is 0. The van der Waals surface area contributed by atoms with Crippen LogP contribution in [0.1, 0.15) is 29.9 Å². The van der Waals surface area contributed by atoms with Crippen molar-refractivity contribution in [2.45, 2.75) is 26.4 Å². The first-order valence-electron chi connectivity index (χ1n) is 7.00. The number of benzene rings is 2. The molecule has 0 fully saturated rings. The van der Waals surface area contributed by atoms with E-state index in [1.807, 2.05) is 18.2 Å². The highest BCUT2D eigenvalue weighted by Crippen LogP contribution is 2.23. The molecule has 1 heterocycles. The van der Waals surface area contributed by atoms with Gasteiger partial charge in [0.1, 0.15) is 11.3 Å². The minimum atomic E-state index is 0.196. The second-order valence-electron chi connectivity index (χ2n) is 5.22. The second-order valence-corrected chi connectivity index (χ2v) is 5.22. The van der Waals surface area contributed by atoms with Gasteiger partial charge in [0, 0.05) is 11.9 Å². The summed E-state index contributed by atoms with van der Waals surface area (Å²) in [6.45, 7) is 5.13. The molecule has 1 atom stereocenters. The first-order valence-corrected chi connectivity index (χ1v) is 7.00. The molecule has 3 aromatic rings. The van der Waals surface area contributed by atoms with Crippen LogP contribution < -0.4 is 5.32 Å². The summed E-state index contributed by atoms with van der Waals surface area (Å²) in [6, 6.07) is 18.9. The third-order valence-electron chi connectivity index (χ3n) is 3.73. The van der Waals surface area contributed by atoms with Crippen LogP contribution in [0.2, 0.25) is 0 Å². The summed E-state index contributed by atoms with van der Waals surface area (Å²) in [7, 11) is 0. The average Bonchev–Trinajstić information content (AvgIpc) is 2.90. The zero-order chi connectivity index (χ0) is 13.9. The SMILES string of the molecule is Cc1ccccc1CNC(C)c1cc2ccccc2o1. The van der Waals surface area contributed by atoms with Gasteiger partial charge in [0.15, 0.2) is 0 Å². The quantitative estimate of drug-likeness (QED) is 0.746. The Morgan fingerprint density at radius 3 is 2.60 bits per heavy atom. The van der Waals surface area contributed by atoms with Gasteiger partial charge in [-0.3, -0.25) is 0 Å². The summed E-state index contributed by atoms with van der Waals surface area (Å²) in [5, 5.41) is 4.68. The fraction of sp³-hybridized carbons (Fsp3) is 0.222. The van der Waals surface area contributed by atoms with Crippen molar-refractivity contribution < 1.29 is 4.42 Å². The van der Waals surface area contributed by atoms with Crippen LogP contribution in [0.5, 0.6) is 0 Å². The Labute approximate surface area is 119 Å². The van der Waals surface area contributed by atoms with E-state index >= 15 is 0 Å². The lowest BCUT2D eigenvalue weighted by Gasteiger charge is -2.12. The van der Waals surface area contributed by atoms with Crippen molar-refractivity contribution in [3.05, 3.63) is 71.5 Å². The number of hydrogen-bond donors (Lipinski definition) is 1. The van der Waals surface area contributed by atoms with Gasteiger partial charge >= 0.3 is 0 Å². The molecule has 2 nitrogen and oxygen atoms in total. The van der Waals surface area contributed by atoms with E-state index in [9.17, 15) is 0 Å². The van der Waals surface area contributed by atoms with Gasteiger partial charge in [0.25, 0.3) is 0 Å². The fourth-order valence-corrected chi connectivity index (χ4v) is 2.39. The van der Waals surface area contributed by atoms with E-state index in [4.69, 9.17) is 4.42 Å². The molecule has 1 unspecified atom stereocenters. The Kier molecular flexibility index (Phi) is 3.57. The van der Waals surface area contributed by atoms with Crippen LogP contribution in [0.25, 0.3) is 11.0 Å². The predicted octanol–water partition coefficient (Wildman–Crippen LogP) is 4.59. The molecule has 0 saturated carbocycles. The van der Waals surface area contributed by atoms with Crippen LogP contribution in [0.15, 0.2) is 59.0 Å². The lowest BCUT2D eigenvalue weighted by atomic mass is 10.1. The Balaban J connectivity index is 1.73. The maximum Gasteiger partial charge on any atom is 0.134 e. The van der Waals surface area contributed by atoms with E-state index in [1.54, 1.807) is 0 Å². The van der Waals surface area contributed by atoms with E-state index < -0.39 is 0 Å². The highest BCUT2D eigenvalue weighted by molar-refractivity contribution is 5.77. The Bertz CT molecular complexity index is 681. The van der Waals surface area contributed by atoms with Crippen molar-refractivity contribution in [2.75, 3.05) is 0 Å². The molecule has 0 bridgehead atoms. The van der Waals surface area contributed by atoms with Crippen molar-refractivity contribution in [3.63, 3.8) is 0 Å².